The van der Waals surface area contributed by atoms with E-state index < -0.39 is 0 Å². The maximum atomic E-state index is 12.0. The second-order valence-electron chi connectivity index (χ2n) is 5.26. The number of halogens is 2. The summed E-state index contributed by atoms with van der Waals surface area (Å²) in [5.41, 5.74) is 0.374. The number of hydrogen-bond acceptors (Lipinski definition) is 3. The van der Waals surface area contributed by atoms with E-state index in [-0.39, 0.29) is 16.2 Å². The summed E-state index contributed by atoms with van der Waals surface area (Å²) in [7, 11) is 2.15. The molecule has 0 aromatic carbocycles. The van der Waals surface area contributed by atoms with Crippen LogP contribution in [0.3, 0.4) is 0 Å². The Hall–Kier alpha value is -0.840. The van der Waals surface area contributed by atoms with Gasteiger partial charge in [-0.05, 0) is 57.5 Å². The molecule has 2 rings (SSSR count). The highest BCUT2D eigenvalue weighted by Gasteiger charge is 2.17. The monoisotopic (exact) mass is 315 g/mol. The van der Waals surface area contributed by atoms with Gasteiger partial charge >= 0.3 is 0 Å². The fourth-order valence-corrected chi connectivity index (χ4v) is 2.85. The first-order valence-corrected chi connectivity index (χ1v) is 7.60. The van der Waals surface area contributed by atoms with E-state index in [0.29, 0.717) is 18.0 Å². The molecule has 0 unspecified atom stereocenters. The summed E-state index contributed by atoms with van der Waals surface area (Å²) in [6.07, 6.45) is 3.42. The molecule has 1 aromatic rings. The zero-order chi connectivity index (χ0) is 14.5. The first-order chi connectivity index (χ1) is 9.56. The molecular weight excluding hydrogens is 297 g/mol. The minimum atomic E-state index is -0.188. The predicted octanol–water partition coefficient (Wildman–Crippen LogP) is 2.85. The van der Waals surface area contributed by atoms with Crippen molar-refractivity contribution in [3.05, 3.63) is 28.0 Å². The number of carbonyl (C=O) groups excluding carboxylic acids is 1. The molecule has 0 aliphatic carbocycles. The lowest BCUT2D eigenvalue weighted by molar-refractivity contribution is 0.0948. The highest BCUT2D eigenvalue weighted by Crippen LogP contribution is 2.19. The smallest absolute Gasteiger partial charge is 0.254 e. The van der Waals surface area contributed by atoms with Crippen LogP contribution in [-0.4, -0.2) is 42.5 Å². The van der Waals surface area contributed by atoms with Crippen molar-refractivity contribution in [1.82, 2.24) is 15.2 Å². The number of carbonyl (C=O) groups is 1. The third kappa shape index (κ3) is 4.33. The second kappa shape index (κ2) is 7.25. The maximum absolute atomic E-state index is 12.0. The van der Waals surface area contributed by atoms with Crippen molar-refractivity contribution in [2.75, 3.05) is 26.7 Å². The number of aromatic nitrogens is 1. The summed E-state index contributed by atoms with van der Waals surface area (Å²) in [5, 5.41) is 3.33. The summed E-state index contributed by atoms with van der Waals surface area (Å²) >= 11 is 11.6. The molecule has 110 valence electrons. The molecule has 2 heterocycles. The predicted molar refractivity (Wildman–Crippen MR) is 81.4 cm³/mol. The Morgan fingerprint density at radius 3 is 2.75 bits per heavy atom. The van der Waals surface area contributed by atoms with Crippen molar-refractivity contribution in [3.8, 4) is 0 Å². The van der Waals surface area contributed by atoms with E-state index in [9.17, 15) is 4.79 Å². The minimum absolute atomic E-state index is 0.147. The normalized spacial score (nSPS) is 17.1. The lowest BCUT2D eigenvalue weighted by Crippen LogP contribution is -2.32. The Balaban J connectivity index is 1.77. The van der Waals surface area contributed by atoms with Crippen LogP contribution in [0.2, 0.25) is 10.3 Å². The molecule has 1 fully saturated rings. The molecule has 4 nitrogen and oxygen atoms in total. The molecule has 1 aliphatic heterocycles. The number of nitrogens with one attached hydrogen (secondary N) is 1. The average molecular weight is 316 g/mol. The first kappa shape index (κ1) is 15.5. The Morgan fingerprint density at radius 1 is 1.40 bits per heavy atom. The molecule has 1 saturated heterocycles. The largest absolute Gasteiger partial charge is 0.352 e. The highest BCUT2D eigenvalue weighted by atomic mass is 35.5. The van der Waals surface area contributed by atoms with Crippen molar-refractivity contribution < 1.29 is 4.79 Å². The van der Waals surface area contributed by atoms with Gasteiger partial charge in [0.1, 0.15) is 10.3 Å². The molecule has 0 bridgehead atoms. The van der Waals surface area contributed by atoms with E-state index in [2.05, 4.69) is 22.2 Å². The molecule has 20 heavy (non-hydrogen) atoms. The summed E-state index contributed by atoms with van der Waals surface area (Å²) < 4.78 is 0. The third-order valence-corrected chi connectivity index (χ3v) is 4.23. The van der Waals surface area contributed by atoms with Gasteiger partial charge in [0.2, 0.25) is 0 Å². The number of pyridine rings is 1. The topological polar surface area (TPSA) is 45.2 Å². The zero-order valence-corrected chi connectivity index (χ0v) is 13.0. The van der Waals surface area contributed by atoms with Gasteiger partial charge in [-0.25, -0.2) is 4.98 Å². The van der Waals surface area contributed by atoms with Crippen LogP contribution in [0.1, 0.15) is 29.6 Å². The van der Waals surface area contributed by atoms with Crippen LogP contribution in [0.15, 0.2) is 12.1 Å². The summed E-state index contributed by atoms with van der Waals surface area (Å²) in [6, 6.07) is 3.17. The lowest BCUT2D eigenvalue weighted by atomic mass is 9.94. The summed E-state index contributed by atoms with van der Waals surface area (Å²) in [5.74, 6) is 0.511. The van der Waals surface area contributed by atoms with Crippen LogP contribution in [-0.2, 0) is 0 Å². The van der Waals surface area contributed by atoms with Gasteiger partial charge in [-0.1, -0.05) is 23.2 Å². The van der Waals surface area contributed by atoms with Gasteiger partial charge in [0, 0.05) is 6.54 Å². The lowest BCUT2D eigenvalue weighted by Gasteiger charge is -2.28. The summed E-state index contributed by atoms with van der Waals surface area (Å²) in [4.78, 5) is 18.2. The number of rotatable bonds is 4. The van der Waals surface area contributed by atoms with E-state index in [1.807, 2.05) is 0 Å². The molecule has 1 aliphatic rings. The Labute approximate surface area is 129 Å². The van der Waals surface area contributed by atoms with Crippen LogP contribution >= 0.6 is 23.2 Å². The maximum Gasteiger partial charge on any atom is 0.254 e. The molecule has 0 atom stereocenters. The van der Waals surface area contributed by atoms with Crippen LogP contribution in [0.4, 0.5) is 0 Å². The van der Waals surface area contributed by atoms with E-state index in [1.54, 1.807) is 12.1 Å². The molecule has 1 amide bonds. The second-order valence-corrected chi connectivity index (χ2v) is 6.01. The van der Waals surface area contributed by atoms with E-state index >= 15 is 0 Å². The fourth-order valence-electron chi connectivity index (χ4n) is 2.42. The Morgan fingerprint density at radius 2 is 2.10 bits per heavy atom. The molecule has 6 heteroatoms. The van der Waals surface area contributed by atoms with E-state index in [1.165, 1.54) is 12.8 Å². The first-order valence-electron chi connectivity index (χ1n) is 6.85. The van der Waals surface area contributed by atoms with Gasteiger partial charge in [-0.2, -0.15) is 0 Å². The van der Waals surface area contributed by atoms with Crippen molar-refractivity contribution in [2.45, 2.75) is 19.3 Å². The summed E-state index contributed by atoms with van der Waals surface area (Å²) in [6.45, 7) is 2.96. The zero-order valence-electron chi connectivity index (χ0n) is 11.5. The van der Waals surface area contributed by atoms with Crippen molar-refractivity contribution >= 4 is 29.1 Å². The number of piperidine rings is 1. The van der Waals surface area contributed by atoms with Gasteiger partial charge < -0.3 is 10.2 Å². The quantitative estimate of drug-likeness (QED) is 0.869. The molecular formula is C14H19Cl2N3O. The number of nitrogens with zero attached hydrogens (tertiary/aromatic N) is 2. The fraction of sp³-hybridized carbons (Fsp3) is 0.571. The van der Waals surface area contributed by atoms with Gasteiger partial charge in [0.05, 0.1) is 5.56 Å². The molecule has 0 spiro atoms. The third-order valence-electron chi connectivity index (χ3n) is 3.74. The van der Waals surface area contributed by atoms with E-state index in [4.69, 9.17) is 23.2 Å². The van der Waals surface area contributed by atoms with Crippen LogP contribution < -0.4 is 5.32 Å². The van der Waals surface area contributed by atoms with Crippen LogP contribution in [0.5, 0.6) is 0 Å². The van der Waals surface area contributed by atoms with Crippen molar-refractivity contribution in [1.29, 1.82) is 0 Å². The van der Waals surface area contributed by atoms with Crippen LogP contribution in [0.25, 0.3) is 0 Å². The van der Waals surface area contributed by atoms with Crippen LogP contribution in [0, 0.1) is 5.92 Å². The van der Waals surface area contributed by atoms with Gasteiger partial charge in [0.15, 0.2) is 0 Å². The van der Waals surface area contributed by atoms with Crippen molar-refractivity contribution in [3.63, 3.8) is 0 Å². The average Bonchev–Trinajstić information content (AvgIpc) is 2.41. The van der Waals surface area contributed by atoms with Gasteiger partial charge in [-0.3, -0.25) is 4.79 Å². The minimum Gasteiger partial charge on any atom is -0.352 e. The molecule has 0 radical (unpaired) electrons. The highest BCUT2D eigenvalue weighted by molar-refractivity contribution is 6.34. The van der Waals surface area contributed by atoms with Gasteiger partial charge in [-0.15, -0.1) is 0 Å². The number of amides is 1. The number of likely N-dealkylation sites (tertiary alicyclic amines) is 1. The standard InChI is InChI=1S/C14H19Cl2N3O/c1-19-8-5-10(6-9-19)4-7-17-14(20)11-2-3-12(15)18-13(11)16/h2-3,10H,4-9H2,1H3,(H,17,20). The Bertz CT molecular complexity index is 473. The van der Waals surface area contributed by atoms with Crippen molar-refractivity contribution in [2.24, 2.45) is 5.92 Å². The SMILES string of the molecule is CN1CCC(CCNC(=O)c2ccc(Cl)nc2Cl)CC1. The Kier molecular flexibility index (Phi) is 5.64. The molecule has 0 saturated carbocycles. The number of hydrogen-bond donors (Lipinski definition) is 1. The van der Waals surface area contributed by atoms with Gasteiger partial charge in [0.25, 0.3) is 5.91 Å². The molecule has 1 aromatic heterocycles. The van der Waals surface area contributed by atoms with E-state index in [0.717, 1.165) is 19.5 Å². The molecule has 1 N–H and O–H groups in total.